The number of amidine groups is 1. The molecule has 1 fully saturated rings. The molecule has 0 bridgehead atoms. The number of hydrogen-bond donors (Lipinski definition) is 1. The summed E-state index contributed by atoms with van der Waals surface area (Å²) in [6.45, 7) is 0. The van der Waals surface area contributed by atoms with Crippen LogP contribution in [0.3, 0.4) is 0 Å². The van der Waals surface area contributed by atoms with Gasteiger partial charge in [0.2, 0.25) is 0 Å². The molecule has 0 spiro atoms. The van der Waals surface area contributed by atoms with E-state index in [1.165, 1.54) is 16.8 Å². The van der Waals surface area contributed by atoms with Gasteiger partial charge in [-0.3, -0.25) is 10.2 Å². The van der Waals surface area contributed by atoms with Crippen LogP contribution in [0.15, 0.2) is 101 Å². The first-order valence-corrected chi connectivity index (χ1v) is 9.36. The summed E-state index contributed by atoms with van der Waals surface area (Å²) < 4.78 is 0. The highest BCUT2D eigenvalue weighted by atomic mass is 32.2. The third kappa shape index (κ3) is 4.10. The Hall–Kier alpha value is -3.31. The summed E-state index contributed by atoms with van der Waals surface area (Å²) in [6.07, 6.45) is 1.89. The quantitative estimate of drug-likeness (QED) is 0.632. The first kappa shape index (κ1) is 17.1. The molecule has 3 aromatic rings. The molecule has 4 nitrogen and oxygen atoms in total. The van der Waals surface area contributed by atoms with Gasteiger partial charge in [0, 0.05) is 0 Å². The topological polar surface area (TPSA) is 44.7 Å². The van der Waals surface area contributed by atoms with Gasteiger partial charge in [-0.1, -0.05) is 66.7 Å². The molecule has 3 aromatic carbocycles. The largest absolute Gasteiger partial charge is 0.289 e. The number of hydrogen-bond acceptors (Lipinski definition) is 4. The van der Waals surface area contributed by atoms with Gasteiger partial charge in [-0.2, -0.15) is 5.01 Å². The molecule has 0 aromatic heterocycles. The second-order valence-electron chi connectivity index (χ2n) is 5.87. The smallest absolute Gasteiger partial charge is 0.285 e. The monoisotopic (exact) mass is 371 g/mol. The third-order valence-electron chi connectivity index (χ3n) is 3.90. The number of para-hydroxylation sites is 2. The van der Waals surface area contributed by atoms with Crippen LogP contribution in [0.1, 0.15) is 5.56 Å². The molecule has 0 atom stereocenters. The van der Waals surface area contributed by atoms with Crippen LogP contribution in [0.2, 0.25) is 0 Å². The molecule has 0 unspecified atom stereocenters. The number of hydrazine groups is 1. The predicted molar refractivity (Wildman–Crippen MR) is 112 cm³/mol. The number of nitrogens with zero attached hydrogens (tertiary/aromatic N) is 2. The van der Waals surface area contributed by atoms with Gasteiger partial charge in [0.25, 0.3) is 5.91 Å². The summed E-state index contributed by atoms with van der Waals surface area (Å²) in [6, 6.07) is 29.0. The molecule has 0 radical (unpaired) electrons. The molecule has 1 heterocycles. The number of amides is 1. The Bertz CT molecular complexity index is 986. The van der Waals surface area contributed by atoms with E-state index < -0.39 is 0 Å². The first-order chi connectivity index (χ1) is 13.3. The average Bonchev–Trinajstić information content (AvgIpc) is 2.99. The van der Waals surface area contributed by atoms with Crippen molar-refractivity contribution in [3.8, 4) is 0 Å². The molecule has 5 heteroatoms. The second-order valence-corrected chi connectivity index (χ2v) is 6.88. The van der Waals surface area contributed by atoms with E-state index in [1.54, 1.807) is 0 Å². The number of thioether (sulfide) groups is 1. The maximum atomic E-state index is 13.0. The first-order valence-electron chi connectivity index (χ1n) is 8.54. The van der Waals surface area contributed by atoms with Gasteiger partial charge >= 0.3 is 0 Å². The van der Waals surface area contributed by atoms with Gasteiger partial charge < -0.3 is 0 Å². The summed E-state index contributed by atoms with van der Waals surface area (Å²) in [5, 5.41) is 2.10. The minimum Gasteiger partial charge on any atom is -0.289 e. The molecular weight excluding hydrogens is 354 g/mol. The fourth-order valence-corrected chi connectivity index (χ4v) is 3.54. The molecule has 4 rings (SSSR count). The Labute approximate surface area is 162 Å². The lowest BCUT2D eigenvalue weighted by Gasteiger charge is -2.17. The van der Waals surface area contributed by atoms with Gasteiger partial charge in [0.15, 0.2) is 5.17 Å². The molecule has 132 valence electrons. The molecular formula is C22H17N3OS. The van der Waals surface area contributed by atoms with Crippen molar-refractivity contribution in [2.24, 2.45) is 4.99 Å². The lowest BCUT2D eigenvalue weighted by Crippen LogP contribution is -2.34. The molecule has 0 aliphatic carbocycles. The van der Waals surface area contributed by atoms with E-state index in [2.05, 4.69) is 10.4 Å². The van der Waals surface area contributed by atoms with Gasteiger partial charge in [0.1, 0.15) is 0 Å². The lowest BCUT2D eigenvalue weighted by atomic mass is 10.2. The maximum Gasteiger partial charge on any atom is 0.285 e. The van der Waals surface area contributed by atoms with Gasteiger partial charge in [-0.15, -0.1) is 0 Å². The van der Waals surface area contributed by atoms with Gasteiger partial charge in [-0.05, 0) is 47.7 Å². The molecule has 1 saturated heterocycles. The maximum absolute atomic E-state index is 13.0. The fraction of sp³-hybridized carbons (Fsp3) is 0. The molecule has 1 aliphatic rings. The SMILES string of the molecule is O=C1/C(=C/c2ccccc2)SC(=Nc2ccccc2)N1Nc1ccccc1. The van der Waals surface area contributed by atoms with E-state index in [0.717, 1.165) is 16.9 Å². The normalized spacial score (nSPS) is 16.9. The van der Waals surface area contributed by atoms with Gasteiger partial charge in [-0.25, -0.2) is 4.99 Å². The lowest BCUT2D eigenvalue weighted by molar-refractivity contribution is -0.121. The Kier molecular flexibility index (Phi) is 5.03. The van der Waals surface area contributed by atoms with Crippen molar-refractivity contribution < 1.29 is 4.79 Å². The van der Waals surface area contributed by atoms with Crippen molar-refractivity contribution in [3.05, 3.63) is 101 Å². The molecule has 0 saturated carbocycles. The van der Waals surface area contributed by atoms with E-state index >= 15 is 0 Å². The van der Waals surface area contributed by atoms with E-state index in [0.29, 0.717) is 10.1 Å². The van der Waals surface area contributed by atoms with Crippen molar-refractivity contribution in [3.63, 3.8) is 0 Å². The summed E-state index contributed by atoms with van der Waals surface area (Å²) >= 11 is 1.36. The van der Waals surface area contributed by atoms with Crippen LogP contribution < -0.4 is 5.43 Å². The van der Waals surface area contributed by atoms with Gasteiger partial charge in [0.05, 0.1) is 16.3 Å². The fourth-order valence-electron chi connectivity index (χ4n) is 2.60. The highest BCUT2D eigenvalue weighted by Gasteiger charge is 2.34. The van der Waals surface area contributed by atoms with Crippen molar-refractivity contribution in [1.82, 2.24) is 5.01 Å². The molecule has 1 aliphatic heterocycles. The van der Waals surface area contributed by atoms with Crippen LogP contribution in [-0.4, -0.2) is 16.1 Å². The summed E-state index contributed by atoms with van der Waals surface area (Å²) in [5.74, 6) is -0.123. The van der Waals surface area contributed by atoms with Crippen LogP contribution in [0.25, 0.3) is 6.08 Å². The van der Waals surface area contributed by atoms with Crippen LogP contribution >= 0.6 is 11.8 Å². The Balaban J connectivity index is 1.69. The number of carbonyl (C=O) groups is 1. The van der Waals surface area contributed by atoms with Crippen LogP contribution in [0, 0.1) is 0 Å². The number of benzene rings is 3. The number of rotatable bonds is 4. The highest BCUT2D eigenvalue weighted by molar-refractivity contribution is 8.18. The Morgan fingerprint density at radius 1 is 0.815 bits per heavy atom. The minimum atomic E-state index is -0.123. The Morgan fingerprint density at radius 2 is 1.41 bits per heavy atom. The second kappa shape index (κ2) is 7.93. The minimum absolute atomic E-state index is 0.123. The zero-order valence-corrected chi connectivity index (χ0v) is 15.3. The van der Waals surface area contributed by atoms with Crippen LogP contribution in [-0.2, 0) is 4.79 Å². The summed E-state index contributed by atoms with van der Waals surface area (Å²) in [4.78, 5) is 18.3. The molecule has 1 N–H and O–H groups in total. The predicted octanol–water partition coefficient (Wildman–Crippen LogP) is 5.32. The Morgan fingerprint density at radius 3 is 2.07 bits per heavy atom. The zero-order valence-electron chi connectivity index (χ0n) is 14.4. The third-order valence-corrected chi connectivity index (χ3v) is 4.87. The highest BCUT2D eigenvalue weighted by Crippen LogP contribution is 2.34. The van der Waals surface area contributed by atoms with Crippen LogP contribution in [0.5, 0.6) is 0 Å². The summed E-state index contributed by atoms with van der Waals surface area (Å²) in [7, 11) is 0. The van der Waals surface area contributed by atoms with E-state index in [1.807, 2.05) is 97.1 Å². The summed E-state index contributed by atoms with van der Waals surface area (Å²) in [5.41, 5.74) is 5.78. The number of anilines is 1. The van der Waals surface area contributed by atoms with E-state index in [4.69, 9.17) is 0 Å². The average molecular weight is 371 g/mol. The van der Waals surface area contributed by atoms with Crippen LogP contribution in [0.4, 0.5) is 11.4 Å². The van der Waals surface area contributed by atoms with Crippen molar-refractivity contribution in [2.75, 3.05) is 5.43 Å². The number of aliphatic imine (C=N–C) groups is 1. The molecule has 1 amide bonds. The standard InChI is InChI=1S/C22H17N3OS/c26-21-20(16-17-10-4-1-5-11-17)27-22(23-18-12-6-2-7-13-18)25(21)24-19-14-8-3-9-15-19/h1-16,24H/b20-16-,23-22?. The van der Waals surface area contributed by atoms with E-state index in [9.17, 15) is 4.79 Å². The van der Waals surface area contributed by atoms with Crippen molar-refractivity contribution >= 4 is 40.3 Å². The zero-order chi connectivity index (χ0) is 18.5. The number of carbonyl (C=O) groups excluding carboxylic acids is 1. The number of nitrogens with one attached hydrogen (secondary N) is 1. The van der Waals surface area contributed by atoms with Crippen molar-refractivity contribution in [1.29, 1.82) is 0 Å². The molecule has 27 heavy (non-hydrogen) atoms. The van der Waals surface area contributed by atoms with Crippen molar-refractivity contribution in [2.45, 2.75) is 0 Å². The van der Waals surface area contributed by atoms with E-state index in [-0.39, 0.29) is 5.91 Å².